The molecule has 0 saturated heterocycles. The molecule has 0 rings (SSSR count). The molecule has 1 unspecified atom stereocenters. The van der Waals surface area contributed by atoms with Crippen LogP contribution in [-0.2, 0) is 14.3 Å². The third kappa shape index (κ3) is 21.4. The first-order valence-electron chi connectivity index (χ1n) is 12.8. The van der Waals surface area contributed by atoms with Gasteiger partial charge < -0.3 is 9.84 Å². The highest BCUT2D eigenvalue weighted by Crippen LogP contribution is 2.17. The lowest BCUT2D eigenvalue weighted by Gasteiger charge is -2.11. The zero-order chi connectivity index (χ0) is 23.0. The van der Waals surface area contributed by atoms with Crippen molar-refractivity contribution in [2.45, 2.75) is 122 Å². The Morgan fingerprint density at radius 1 is 0.806 bits per heavy atom. The average molecular weight is 437 g/mol. The highest BCUT2D eigenvalue weighted by Gasteiger charge is 2.21. The minimum Gasteiger partial charge on any atom is -0.481 e. The highest BCUT2D eigenvalue weighted by atomic mass is 16.5. The van der Waals surface area contributed by atoms with Crippen LogP contribution in [0.15, 0.2) is 24.8 Å². The van der Waals surface area contributed by atoms with E-state index in [1.54, 1.807) is 0 Å². The molecule has 31 heavy (non-hydrogen) atoms. The van der Waals surface area contributed by atoms with Crippen LogP contribution in [0.2, 0.25) is 0 Å². The van der Waals surface area contributed by atoms with Crippen molar-refractivity contribution in [1.29, 1.82) is 0 Å². The van der Waals surface area contributed by atoms with Gasteiger partial charge in [0, 0.05) is 0 Å². The van der Waals surface area contributed by atoms with Gasteiger partial charge in [-0.25, -0.2) is 0 Å². The lowest BCUT2D eigenvalue weighted by molar-refractivity contribution is -0.151. The lowest BCUT2D eigenvalue weighted by atomic mass is 9.97. The van der Waals surface area contributed by atoms with Gasteiger partial charge in [-0.2, -0.15) is 0 Å². The second-order valence-electron chi connectivity index (χ2n) is 8.64. The number of unbranched alkanes of at least 4 members (excludes halogenated alkanes) is 14. The standard InChI is InChI=1S/C27H48O4/c1-3-5-6-7-8-9-10-11-12-13-14-15-16-17-18-19-20-21-22-25(27(29)30)24-26(28)31-23-4-2/h4,13-14,25H,2-3,5-12,15-24H2,1H3,(H,29,30)/b14-13+. The number of carbonyl (C=O) groups excluding carboxylic acids is 1. The number of aliphatic carboxylic acids is 1. The van der Waals surface area contributed by atoms with Crippen LogP contribution in [0.25, 0.3) is 0 Å². The fourth-order valence-corrected chi connectivity index (χ4v) is 3.72. The number of esters is 1. The summed E-state index contributed by atoms with van der Waals surface area (Å²) in [6, 6.07) is 0. The van der Waals surface area contributed by atoms with E-state index in [0.717, 1.165) is 19.3 Å². The molecule has 0 amide bonds. The van der Waals surface area contributed by atoms with Gasteiger partial charge in [-0.3, -0.25) is 9.59 Å². The van der Waals surface area contributed by atoms with E-state index >= 15 is 0 Å². The first-order valence-corrected chi connectivity index (χ1v) is 12.8. The summed E-state index contributed by atoms with van der Waals surface area (Å²) < 4.78 is 4.89. The van der Waals surface area contributed by atoms with Crippen molar-refractivity contribution < 1.29 is 19.4 Å². The van der Waals surface area contributed by atoms with Gasteiger partial charge >= 0.3 is 11.9 Å². The van der Waals surface area contributed by atoms with Crippen LogP contribution in [0.4, 0.5) is 0 Å². The van der Waals surface area contributed by atoms with Gasteiger partial charge in [0.1, 0.15) is 6.61 Å². The van der Waals surface area contributed by atoms with Crippen molar-refractivity contribution in [3.63, 3.8) is 0 Å². The largest absolute Gasteiger partial charge is 0.481 e. The molecular formula is C27H48O4. The van der Waals surface area contributed by atoms with Crippen molar-refractivity contribution in [2.75, 3.05) is 6.61 Å². The maximum Gasteiger partial charge on any atom is 0.307 e. The number of rotatable bonds is 23. The van der Waals surface area contributed by atoms with E-state index in [1.807, 2.05) is 0 Å². The van der Waals surface area contributed by atoms with Gasteiger partial charge in [-0.15, -0.1) is 0 Å². The lowest BCUT2D eigenvalue weighted by Crippen LogP contribution is -2.19. The summed E-state index contributed by atoms with van der Waals surface area (Å²) in [5.74, 6) is -2.00. The normalized spacial score (nSPS) is 12.2. The summed E-state index contributed by atoms with van der Waals surface area (Å²) in [7, 11) is 0. The Bertz CT molecular complexity index is 470. The number of allylic oxidation sites excluding steroid dienone is 2. The molecule has 0 aliphatic heterocycles. The summed E-state index contributed by atoms with van der Waals surface area (Å²) in [6.45, 7) is 5.88. The van der Waals surface area contributed by atoms with E-state index in [1.165, 1.54) is 89.5 Å². The van der Waals surface area contributed by atoms with Crippen LogP contribution < -0.4 is 0 Å². The summed E-state index contributed by atoms with van der Waals surface area (Å²) in [5, 5.41) is 9.26. The molecule has 0 aromatic heterocycles. The summed E-state index contributed by atoms with van der Waals surface area (Å²) >= 11 is 0. The number of carboxylic acid groups (broad SMARTS) is 1. The Labute approximate surface area is 191 Å². The molecule has 0 bridgehead atoms. The minimum atomic E-state index is -0.908. The molecule has 0 aromatic rings. The first-order chi connectivity index (χ1) is 15.1. The summed E-state index contributed by atoms with van der Waals surface area (Å²) in [4.78, 5) is 22.9. The quantitative estimate of drug-likeness (QED) is 0.100. The van der Waals surface area contributed by atoms with E-state index in [0.29, 0.717) is 6.42 Å². The number of carboxylic acids is 1. The number of hydrogen-bond donors (Lipinski definition) is 1. The van der Waals surface area contributed by atoms with Crippen molar-refractivity contribution in [3.05, 3.63) is 24.8 Å². The SMILES string of the molecule is C=CCOC(=O)CC(CCCCCCCC/C=C/CCCCCCCCCC)C(=O)O. The predicted octanol–water partition coefficient (Wildman–Crippen LogP) is 8.01. The van der Waals surface area contributed by atoms with Gasteiger partial charge in [-0.1, -0.05) is 109 Å². The molecule has 0 aliphatic rings. The van der Waals surface area contributed by atoms with Gasteiger partial charge in [0.05, 0.1) is 12.3 Å². The van der Waals surface area contributed by atoms with Crippen LogP contribution in [0, 0.1) is 5.92 Å². The average Bonchev–Trinajstić information content (AvgIpc) is 2.75. The van der Waals surface area contributed by atoms with Crippen LogP contribution in [-0.4, -0.2) is 23.7 Å². The molecule has 0 saturated carbocycles. The predicted molar refractivity (Wildman–Crippen MR) is 130 cm³/mol. The smallest absolute Gasteiger partial charge is 0.307 e. The molecule has 180 valence electrons. The highest BCUT2D eigenvalue weighted by molar-refractivity contribution is 5.78. The van der Waals surface area contributed by atoms with Crippen LogP contribution >= 0.6 is 0 Å². The third-order valence-electron chi connectivity index (χ3n) is 5.69. The number of hydrogen-bond acceptors (Lipinski definition) is 3. The van der Waals surface area contributed by atoms with Crippen molar-refractivity contribution in [1.82, 2.24) is 0 Å². The van der Waals surface area contributed by atoms with E-state index in [9.17, 15) is 14.7 Å². The van der Waals surface area contributed by atoms with E-state index in [2.05, 4.69) is 25.7 Å². The van der Waals surface area contributed by atoms with Gasteiger partial charge in [0.25, 0.3) is 0 Å². The van der Waals surface area contributed by atoms with Crippen molar-refractivity contribution in [2.24, 2.45) is 5.92 Å². The van der Waals surface area contributed by atoms with E-state index < -0.39 is 17.9 Å². The Hall–Kier alpha value is -1.58. The van der Waals surface area contributed by atoms with Crippen molar-refractivity contribution >= 4 is 11.9 Å². The summed E-state index contributed by atoms with van der Waals surface area (Å²) in [5.41, 5.74) is 0. The molecule has 1 atom stereocenters. The second kappa shape index (κ2) is 23.1. The summed E-state index contributed by atoms with van der Waals surface area (Å²) in [6.07, 6.45) is 26.8. The fourth-order valence-electron chi connectivity index (χ4n) is 3.72. The molecule has 0 aromatic carbocycles. The number of carbonyl (C=O) groups is 2. The molecule has 0 spiro atoms. The molecule has 0 aliphatic carbocycles. The van der Waals surface area contributed by atoms with Crippen LogP contribution in [0.1, 0.15) is 122 Å². The maximum atomic E-state index is 11.6. The third-order valence-corrected chi connectivity index (χ3v) is 5.69. The fraction of sp³-hybridized carbons (Fsp3) is 0.778. The Balaban J connectivity index is 3.47. The zero-order valence-electron chi connectivity index (χ0n) is 20.1. The Morgan fingerprint density at radius 2 is 1.29 bits per heavy atom. The molecule has 0 radical (unpaired) electrons. The topological polar surface area (TPSA) is 63.6 Å². The Morgan fingerprint density at radius 3 is 1.77 bits per heavy atom. The zero-order valence-corrected chi connectivity index (χ0v) is 20.1. The molecular weight excluding hydrogens is 388 g/mol. The molecule has 1 N–H and O–H groups in total. The monoisotopic (exact) mass is 436 g/mol. The maximum absolute atomic E-state index is 11.6. The van der Waals surface area contributed by atoms with Crippen molar-refractivity contribution in [3.8, 4) is 0 Å². The molecule has 4 nitrogen and oxygen atoms in total. The number of ether oxygens (including phenoxy) is 1. The molecule has 0 heterocycles. The first kappa shape index (κ1) is 29.4. The van der Waals surface area contributed by atoms with Gasteiger partial charge in [-0.05, 0) is 32.1 Å². The van der Waals surface area contributed by atoms with E-state index in [4.69, 9.17) is 4.74 Å². The van der Waals surface area contributed by atoms with Crippen LogP contribution in [0.3, 0.4) is 0 Å². The van der Waals surface area contributed by atoms with Gasteiger partial charge in [0.15, 0.2) is 0 Å². The second-order valence-corrected chi connectivity index (χ2v) is 8.64. The molecule has 4 heteroatoms. The Kier molecular flexibility index (Phi) is 21.9. The molecule has 0 fully saturated rings. The van der Waals surface area contributed by atoms with Crippen LogP contribution in [0.5, 0.6) is 0 Å². The van der Waals surface area contributed by atoms with Gasteiger partial charge in [0.2, 0.25) is 0 Å². The van der Waals surface area contributed by atoms with E-state index in [-0.39, 0.29) is 13.0 Å². The minimum absolute atomic E-state index is 0.0472.